The van der Waals surface area contributed by atoms with Crippen LogP contribution in [-0.4, -0.2) is 6.29 Å². The predicted molar refractivity (Wildman–Crippen MR) is 39.0 cm³/mol. The molecule has 0 unspecified atom stereocenters. The Bertz CT molecular complexity index is 211. The Kier molecular flexibility index (Phi) is 1.93. The fraction of sp³-hybridized carbons (Fsp3) is 0. The Labute approximate surface area is 61.9 Å². The van der Waals surface area contributed by atoms with Gasteiger partial charge in [-0.3, -0.25) is 4.79 Å². The molecule has 0 atom stereocenters. The zero-order chi connectivity index (χ0) is 6.69. The van der Waals surface area contributed by atoms with Crippen LogP contribution in [0.5, 0.6) is 0 Å². The lowest BCUT2D eigenvalue weighted by molar-refractivity contribution is -0.104. The Hall–Kier alpha value is -0.720. The highest BCUT2D eigenvalue weighted by Crippen LogP contribution is 2.15. The molecule has 1 nitrogen and oxygen atoms in total. The third-order valence-corrected chi connectivity index (χ3v) is 1.69. The van der Waals surface area contributed by atoms with Gasteiger partial charge in [0.1, 0.15) is 22.2 Å². The van der Waals surface area contributed by atoms with Gasteiger partial charge in [0.25, 0.3) is 0 Å². The second-order valence-corrected chi connectivity index (χ2v) is 2.42. The summed E-state index contributed by atoms with van der Waals surface area (Å²) < 4.78 is 0.816. The minimum atomic E-state index is 0.637. The van der Waals surface area contributed by atoms with Crippen LogP contribution in [0, 0.1) is 6.08 Å². The highest BCUT2D eigenvalue weighted by Gasteiger charge is 2.07. The Morgan fingerprint density at radius 1 is 1.67 bits per heavy atom. The van der Waals surface area contributed by atoms with E-state index >= 15 is 0 Å². The number of carbonyl (C=O) groups excluding carboxylic acids is 1. The molecule has 0 aromatic carbocycles. The van der Waals surface area contributed by atoms with Crippen molar-refractivity contribution < 1.29 is 4.79 Å². The van der Waals surface area contributed by atoms with Crippen LogP contribution in [0.2, 0.25) is 0 Å². The van der Waals surface area contributed by atoms with E-state index in [4.69, 9.17) is 0 Å². The molecule has 0 radical (unpaired) electrons. The molecule has 0 aliphatic heterocycles. The van der Waals surface area contributed by atoms with Gasteiger partial charge in [-0.25, -0.2) is 0 Å². The molecule has 1 rings (SSSR count). The molecule has 1 aliphatic carbocycles. The van der Waals surface area contributed by atoms with E-state index in [1.54, 1.807) is 18.2 Å². The lowest BCUT2D eigenvalue weighted by Gasteiger charge is -1.85. The van der Waals surface area contributed by atoms with Crippen molar-refractivity contribution in [1.29, 1.82) is 0 Å². The fourth-order valence-electron chi connectivity index (χ4n) is 0.515. The van der Waals surface area contributed by atoms with Crippen molar-refractivity contribution in [3.63, 3.8) is 0 Å². The average Bonchev–Trinajstić information content (AvgIpc) is 1.89. The number of halogens is 1. The number of hydrogen-bond acceptors (Lipinski definition) is 1. The molecule has 9 heavy (non-hydrogen) atoms. The second-order valence-electron chi connectivity index (χ2n) is 1.57. The molecule has 0 aromatic rings. The van der Waals surface area contributed by atoms with Crippen molar-refractivity contribution in [2.75, 3.05) is 0 Å². The molecular formula is C7H4BrO+. The molecule has 2 heteroatoms. The van der Waals surface area contributed by atoms with Crippen LogP contribution < -0.4 is 0 Å². The van der Waals surface area contributed by atoms with E-state index in [0.717, 1.165) is 10.8 Å². The monoisotopic (exact) mass is 183 g/mol. The van der Waals surface area contributed by atoms with E-state index < -0.39 is 0 Å². The summed E-state index contributed by atoms with van der Waals surface area (Å²) in [5.74, 6) is 0. The fourth-order valence-corrected chi connectivity index (χ4v) is 0.855. The first kappa shape index (κ1) is 6.40. The smallest absolute Gasteiger partial charge is 0.207 e. The molecule has 1 aliphatic rings. The van der Waals surface area contributed by atoms with Gasteiger partial charge in [-0.1, -0.05) is 0 Å². The van der Waals surface area contributed by atoms with E-state index in [9.17, 15) is 4.79 Å². The third-order valence-electron chi connectivity index (χ3n) is 0.967. The van der Waals surface area contributed by atoms with Gasteiger partial charge in [-0.15, -0.1) is 0 Å². The summed E-state index contributed by atoms with van der Waals surface area (Å²) in [6.07, 6.45) is 8.75. The molecule has 44 valence electrons. The molecular weight excluding hydrogens is 180 g/mol. The zero-order valence-electron chi connectivity index (χ0n) is 4.60. The summed E-state index contributed by atoms with van der Waals surface area (Å²) in [4.78, 5) is 10.2. The van der Waals surface area contributed by atoms with Gasteiger partial charge < -0.3 is 0 Å². The maximum atomic E-state index is 10.2. The minimum Gasteiger partial charge on any atom is -0.282 e. The van der Waals surface area contributed by atoms with Crippen LogP contribution in [0.3, 0.4) is 0 Å². The maximum Gasteiger partial charge on any atom is 0.207 e. The maximum absolute atomic E-state index is 10.2. The van der Waals surface area contributed by atoms with Crippen molar-refractivity contribution in [3.05, 3.63) is 34.4 Å². The summed E-state index contributed by atoms with van der Waals surface area (Å²) in [5.41, 5.74) is 0.637. The van der Waals surface area contributed by atoms with E-state index in [-0.39, 0.29) is 0 Å². The van der Waals surface area contributed by atoms with Gasteiger partial charge in [0.2, 0.25) is 6.29 Å². The van der Waals surface area contributed by atoms with Crippen LogP contribution >= 0.6 is 15.9 Å². The Balaban J connectivity index is 3.01. The van der Waals surface area contributed by atoms with Crippen LogP contribution in [0.15, 0.2) is 28.3 Å². The molecule has 0 saturated carbocycles. The predicted octanol–water partition coefficient (Wildman–Crippen LogP) is 1.76. The summed E-state index contributed by atoms with van der Waals surface area (Å²) in [6, 6.07) is 0. The number of aldehydes is 1. The number of allylic oxidation sites excluding steroid dienone is 6. The van der Waals surface area contributed by atoms with E-state index in [1.807, 2.05) is 0 Å². The van der Waals surface area contributed by atoms with Crippen LogP contribution in [-0.2, 0) is 4.79 Å². The number of rotatable bonds is 1. The van der Waals surface area contributed by atoms with E-state index in [2.05, 4.69) is 22.0 Å². The van der Waals surface area contributed by atoms with Crippen LogP contribution in [0.25, 0.3) is 0 Å². The van der Waals surface area contributed by atoms with Crippen molar-refractivity contribution in [2.45, 2.75) is 0 Å². The van der Waals surface area contributed by atoms with Crippen molar-refractivity contribution in [3.8, 4) is 0 Å². The first-order valence-corrected chi connectivity index (χ1v) is 3.24. The summed E-state index contributed by atoms with van der Waals surface area (Å²) in [7, 11) is 0. The lowest BCUT2D eigenvalue weighted by atomic mass is 10.2. The first-order chi connectivity index (χ1) is 4.34. The van der Waals surface area contributed by atoms with Gasteiger partial charge in [-0.05, 0) is 15.9 Å². The van der Waals surface area contributed by atoms with Gasteiger partial charge in [0, 0.05) is 6.08 Å². The Morgan fingerprint density at radius 2 is 2.44 bits per heavy atom. The molecule has 0 N–H and O–H groups in total. The summed E-state index contributed by atoms with van der Waals surface area (Å²) >= 11 is 3.21. The van der Waals surface area contributed by atoms with Gasteiger partial charge in [0.05, 0.1) is 6.08 Å². The quantitative estimate of drug-likeness (QED) is 0.448. The molecule has 0 fully saturated rings. The molecule has 0 spiro atoms. The van der Waals surface area contributed by atoms with Crippen LogP contribution in [0.1, 0.15) is 0 Å². The highest BCUT2D eigenvalue weighted by atomic mass is 79.9. The molecule has 0 heterocycles. The molecule has 0 aromatic heterocycles. The van der Waals surface area contributed by atoms with Gasteiger partial charge in [-0.2, -0.15) is 0 Å². The first-order valence-electron chi connectivity index (χ1n) is 2.45. The van der Waals surface area contributed by atoms with E-state index in [1.165, 1.54) is 0 Å². The standard InChI is InChI=1S/C7H4BrO/c8-7-4-2-1-3-6(7)5-9/h2-5H/q+1. The minimum absolute atomic E-state index is 0.637. The highest BCUT2D eigenvalue weighted by molar-refractivity contribution is 9.12. The largest absolute Gasteiger partial charge is 0.282 e. The van der Waals surface area contributed by atoms with Crippen molar-refractivity contribution in [1.82, 2.24) is 0 Å². The number of hydrogen-bond donors (Lipinski definition) is 0. The molecule has 0 saturated heterocycles. The topological polar surface area (TPSA) is 17.1 Å². The van der Waals surface area contributed by atoms with Gasteiger partial charge >= 0.3 is 0 Å². The molecule has 0 amide bonds. The van der Waals surface area contributed by atoms with Gasteiger partial charge in [0.15, 0.2) is 0 Å². The zero-order valence-corrected chi connectivity index (χ0v) is 6.18. The SMILES string of the molecule is O=CC1=C(Br)C=C[C+]=C1. The van der Waals surface area contributed by atoms with Crippen molar-refractivity contribution >= 4 is 22.2 Å². The second kappa shape index (κ2) is 2.72. The number of carbonyl (C=O) groups is 1. The summed E-state index contributed by atoms with van der Waals surface area (Å²) in [6.45, 7) is 0. The molecule has 0 bridgehead atoms. The Morgan fingerprint density at radius 3 is 2.89 bits per heavy atom. The normalized spacial score (nSPS) is 15.7. The van der Waals surface area contributed by atoms with Crippen LogP contribution in [0.4, 0.5) is 0 Å². The average molecular weight is 184 g/mol. The third kappa shape index (κ3) is 1.35. The van der Waals surface area contributed by atoms with Crippen molar-refractivity contribution in [2.24, 2.45) is 0 Å². The lowest BCUT2D eigenvalue weighted by Crippen LogP contribution is -1.84. The summed E-state index contributed by atoms with van der Waals surface area (Å²) in [5, 5.41) is 0. The van der Waals surface area contributed by atoms with E-state index in [0.29, 0.717) is 5.57 Å².